The van der Waals surface area contributed by atoms with Crippen molar-refractivity contribution in [2.75, 3.05) is 0 Å². The zero-order valence-corrected chi connectivity index (χ0v) is 27.8. The van der Waals surface area contributed by atoms with Gasteiger partial charge >= 0.3 is 0 Å². The summed E-state index contributed by atoms with van der Waals surface area (Å²) in [6, 6.07) is 58.4. The highest BCUT2D eigenvalue weighted by molar-refractivity contribution is 6.27. The molecule has 4 heteroatoms. The Bertz CT molecular complexity index is 3280. The number of rotatable bonds is 3. The third-order valence-corrected chi connectivity index (χ3v) is 10.9. The lowest BCUT2D eigenvalue weighted by atomic mass is 9.92. The van der Waals surface area contributed by atoms with E-state index in [1.165, 1.54) is 49.4 Å². The van der Waals surface area contributed by atoms with E-state index in [1.807, 2.05) is 18.2 Å². The van der Waals surface area contributed by atoms with Crippen molar-refractivity contribution in [1.29, 1.82) is 0 Å². The zero-order chi connectivity index (χ0) is 33.9. The summed E-state index contributed by atoms with van der Waals surface area (Å²) in [6.07, 6.45) is 0. The van der Waals surface area contributed by atoms with Gasteiger partial charge in [0.05, 0.1) is 22.2 Å². The molecule has 52 heavy (non-hydrogen) atoms. The van der Waals surface area contributed by atoms with Gasteiger partial charge in [-0.1, -0.05) is 127 Å². The van der Waals surface area contributed by atoms with Crippen LogP contribution in [0.3, 0.4) is 0 Å². The van der Waals surface area contributed by atoms with Gasteiger partial charge in [-0.05, 0) is 74.5 Å². The van der Waals surface area contributed by atoms with Crippen molar-refractivity contribution in [1.82, 2.24) is 14.5 Å². The van der Waals surface area contributed by atoms with E-state index in [9.17, 15) is 0 Å². The average Bonchev–Trinajstić information content (AvgIpc) is 3.70. The molecule has 12 rings (SSSR count). The van der Waals surface area contributed by atoms with Crippen LogP contribution < -0.4 is 0 Å². The summed E-state index contributed by atoms with van der Waals surface area (Å²) >= 11 is 0. The van der Waals surface area contributed by atoms with Crippen LogP contribution in [0.15, 0.2) is 168 Å². The molecule has 0 saturated heterocycles. The average molecular weight is 662 g/mol. The van der Waals surface area contributed by atoms with Crippen molar-refractivity contribution < 1.29 is 4.42 Å². The van der Waals surface area contributed by atoms with Gasteiger partial charge in [-0.25, -0.2) is 9.97 Å². The van der Waals surface area contributed by atoms with Gasteiger partial charge in [-0.3, -0.25) is 4.57 Å². The Morgan fingerprint density at radius 2 is 1.08 bits per heavy atom. The van der Waals surface area contributed by atoms with Gasteiger partial charge in [0.25, 0.3) is 0 Å². The van der Waals surface area contributed by atoms with E-state index in [4.69, 9.17) is 14.4 Å². The van der Waals surface area contributed by atoms with Crippen LogP contribution in [0.4, 0.5) is 0 Å². The van der Waals surface area contributed by atoms with Crippen LogP contribution in [-0.2, 0) is 0 Å². The molecule has 0 saturated carbocycles. The fraction of sp³-hybridized carbons (Fsp3) is 0. The molecule has 4 nitrogen and oxygen atoms in total. The Morgan fingerprint density at radius 3 is 1.88 bits per heavy atom. The molecule has 11 aromatic rings. The quantitative estimate of drug-likeness (QED) is 0.189. The predicted molar refractivity (Wildman–Crippen MR) is 214 cm³/mol. The normalized spacial score (nSPS) is 12.2. The fourth-order valence-corrected chi connectivity index (χ4v) is 8.68. The summed E-state index contributed by atoms with van der Waals surface area (Å²) in [7, 11) is 0. The summed E-state index contributed by atoms with van der Waals surface area (Å²) in [5.41, 5.74) is 13.8. The van der Waals surface area contributed by atoms with Crippen molar-refractivity contribution >= 4 is 65.4 Å². The Hall–Kier alpha value is -7.04. The van der Waals surface area contributed by atoms with Crippen molar-refractivity contribution in [3.8, 4) is 50.6 Å². The molecule has 1 aliphatic carbocycles. The molecule has 0 unspecified atom stereocenters. The number of aromatic nitrogens is 3. The molecular weight excluding hydrogens is 635 g/mol. The lowest BCUT2D eigenvalue weighted by Crippen LogP contribution is -2.04. The predicted octanol–water partition coefficient (Wildman–Crippen LogP) is 12.8. The number of nitrogens with zero attached hydrogens (tertiary/aromatic N) is 3. The second kappa shape index (κ2) is 10.3. The van der Waals surface area contributed by atoms with E-state index < -0.39 is 0 Å². The summed E-state index contributed by atoms with van der Waals surface area (Å²) in [4.78, 5) is 10.9. The van der Waals surface area contributed by atoms with Crippen LogP contribution in [0.1, 0.15) is 0 Å². The molecule has 0 aliphatic heterocycles. The number of benzene rings is 8. The first kappa shape index (κ1) is 27.7. The number of fused-ring (bicyclic) bond motifs is 6. The van der Waals surface area contributed by atoms with Crippen LogP contribution in [-0.4, -0.2) is 14.5 Å². The number of hydrogen-bond acceptors (Lipinski definition) is 3. The maximum absolute atomic E-state index is 6.39. The number of furan rings is 1. The molecule has 1 aliphatic rings. The van der Waals surface area contributed by atoms with Crippen molar-refractivity contribution in [3.05, 3.63) is 164 Å². The van der Waals surface area contributed by atoms with E-state index in [-0.39, 0.29) is 0 Å². The third-order valence-electron chi connectivity index (χ3n) is 10.9. The number of para-hydroxylation sites is 1. The molecule has 3 heterocycles. The van der Waals surface area contributed by atoms with E-state index in [0.29, 0.717) is 5.95 Å². The smallest absolute Gasteiger partial charge is 0.235 e. The Kier molecular flexibility index (Phi) is 5.47. The topological polar surface area (TPSA) is 43.9 Å². The van der Waals surface area contributed by atoms with Crippen LogP contribution in [0, 0.1) is 0 Å². The Morgan fingerprint density at radius 1 is 0.404 bits per heavy atom. The van der Waals surface area contributed by atoms with E-state index in [1.54, 1.807) is 0 Å². The minimum atomic E-state index is 0.627. The molecule has 0 amide bonds. The van der Waals surface area contributed by atoms with Crippen LogP contribution >= 0.6 is 0 Å². The van der Waals surface area contributed by atoms with Crippen LogP contribution in [0.5, 0.6) is 0 Å². The van der Waals surface area contributed by atoms with Gasteiger partial charge in [0, 0.05) is 38.6 Å². The van der Waals surface area contributed by atoms with Gasteiger partial charge in [0.1, 0.15) is 11.2 Å². The highest BCUT2D eigenvalue weighted by Crippen LogP contribution is 2.50. The molecule has 0 N–H and O–H groups in total. The molecule has 0 radical (unpaired) electrons. The summed E-state index contributed by atoms with van der Waals surface area (Å²) in [5, 5.41) is 8.09. The first-order valence-corrected chi connectivity index (χ1v) is 17.7. The first-order chi connectivity index (χ1) is 25.8. The zero-order valence-electron chi connectivity index (χ0n) is 27.8. The highest BCUT2D eigenvalue weighted by atomic mass is 16.3. The fourth-order valence-electron chi connectivity index (χ4n) is 8.68. The monoisotopic (exact) mass is 661 g/mol. The standard InChI is InChI=1S/C48H27N3O/c1-3-12-28(13-4-1)31-24-37-35-20-10-17-29-16-9-19-33(44(29)35)34-21-11-22-40-45(34)46(37)41(25-31)51(40)48-49-39-27-43-36(32-18-7-8-23-42(32)52-43)26-38(39)47(50-48)30-14-5-2-6-15-30/h1-27H. The second-order valence-corrected chi connectivity index (χ2v) is 13.7. The maximum Gasteiger partial charge on any atom is 0.235 e. The van der Waals surface area contributed by atoms with E-state index in [0.717, 1.165) is 60.7 Å². The third kappa shape index (κ3) is 3.75. The maximum atomic E-state index is 6.39. The molecule has 0 fully saturated rings. The van der Waals surface area contributed by atoms with Crippen LogP contribution in [0.25, 0.3) is 116 Å². The van der Waals surface area contributed by atoms with Gasteiger partial charge < -0.3 is 4.42 Å². The highest BCUT2D eigenvalue weighted by Gasteiger charge is 2.27. The largest absolute Gasteiger partial charge is 0.456 e. The minimum absolute atomic E-state index is 0.627. The molecule has 0 spiro atoms. The second-order valence-electron chi connectivity index (χ2n) is 13.7. The van der Waals surface area contributed by atoms with E-state index >= 15 is 0 Å². The lowest BCUT2D eigenvalue weighted by molar-refractivity contribution is 0.669. The van der Waals surface area contributed by atoms with E-state index in [2.05, 4.69) is 150 Å². The summed E-state index contributed by atoms with van der Waals surface area (Å²) < 4.78 is 8.67. The molecule has 3 aromatic heterocycles. The van der Waals surface area contributed by atoms with Gasteiger partial charge in [0.2, 0.25) is 5.95 Å². The minimum Gasteiger partial charge on any atom is -0.456 e. The van der Waals surface area contributed by atoms with Gasteiger partial charge in [-0.2, -0.15) is 0 Å². The summed E-state index contributed by atoms with van der Waals surface area (Å²) in [5.74, 6) is 0.627. The Labute approximate surface area is 297 Å². The molecule has 240 valence electrons. The molecule has 0 bridgehead atoms. The van der Waals surface area contributed by atoms with Gasteiger partial charge in [0.15, 0.2) is 0 Å². The SMILES string of the molecule is c1ccc(-c2cc3c4c5c(cccc5n(-c5nc(-c6ccccc6)c6cc7c(cc6n5)oc5ccccc57)c4c2)-c2cccc4cccc-3c24)cc1. The Balaban J connectivity index is 1.26. The van der Waals surface area contributed by atoms with Crippen LogP contribution in [0.2, 0.25) is 0 Å². The van der Waals surface area contributed by atoms with Crippen molar-refractivity contribution in [3.63, 3.8) is 0 Å². The van der Waals surface area contributed by atoms with Crippen molar-refractivity contribution in [2.24, 2.45) is 0 Å². The van der Waals surface area contributed by atoms with Crippen molar-refractivity contribution in [2.45, 2.75) is 0 Å². The summed E-state index contributed by atoms with van der Waals surface area (Å²) in [6.45, 7) is 0. The lowest BCUT2D eigenvalue weighted by Gasteiger charge is -2.15. The first-order valence-electron chi connectivity index (χ1n) is 17.7. The molecule has 8 aromatic carbocycles. The number of hydrogen-bond donors (Lipinski definition) is 0. The molecule has 0 atom stereocenters. The van der Waals surface area contributed by atoms with Gasteiger partial charge in [-0.15, -0.1) is 0 Å². The molecular formula is C48H27N3O.